The summed E-state index contributed by atoms with van der Waals surface area (Å²) >= 11 is 0. The van der Waals surface area contributed by atoms with E-state index in [1.165, 1.54) is 6.08 Å². The maximum Gasteiger partial charge on any atom is 0.314 e. The molecule has 53 heavy (non-hydrogen) atoms. The number of carbonyl (C=O) groups is 3. The molecule has 0 saturated carbocycles. The van der Waals surface area contributed by atoms with Gasteiger partial charge < -0.3 is 50.7 Å². The molecule has 13 nitrogen and oxygen atoms in total. The minimum absolute atomic E-state index is 0.135. The number of aliphatic hydroxyl groups is 6. The van der Waals surface area contributed by atoms with Gasteiger partial charge in [0.15, 0.2) is 0 Å². The summed E-state index contributed by atoms with van der Waals surface area (Å²) in [6.07, 6.45) is 17.0. The summed E-state index contributed by atoms with van der Waals surface area (Å²) < 4.78 is 10.3. The Morgan fingerprint density at radius 2 is 1.43 bits per heavy atom. The molecule has 294 valence electrons. The highest BCUT2D eigenvalue weighted by molar-refractivity contribution is 5.80. The molecule has 1 aliphatic heterocycles. The lowest BCUT2D eigenvalue weighted by atomic mass is 9.99. The van der Waals surface area contributed by atoms with Crippen LogP contribution in [0.5, 0.6) is 0 Å². The summed E-state index contributed by atoms with van der Waals surface area (Å²) in [5, 5.41) is 64.6. The monoisotopic (exact) mass is 742 g/mol. The Hall–Kier alpha value is -4.21. The van der Waals surface area contributed by atoms with Gasteiger partial charge >= 0.3 is 5.97 Å². The van der Waals surface area contributed by atoms with Gasteiger partial charge in [0.05, 0.1) is 25.0 Å². The van der Waals surface area contributed by atoms with Gasteiger partial charge in [0.25, 0.3) is 0 Å². The van der Waals surface area contributed by atoms with E-state index in [-0.39, 0.29) is 24.2 Å². The molecule has 1 heterocycles. The van der Waals surface area contributed by atoms with Gasteiger partial charge in [-0.15, -0.1) is 0 Å². The predicted octanol–water partition coefficient (Wildman–Crippen LogP) is 2.49. The van der Waals surface area contributed by atoms with E-state index < -0.39 is 61.4 Å². The molecule has 1 fully saturated rings. The fourth-order valence-electron chi connectivity index (χ4n) is 4.50. The molecule has 1 saturated heterocycles. The quantitative estimate of drug-likeness (QED) is 0.0670. The summed E-state index contributed by atoms with van der Waals surface area (Å²) in [4.78, 5) is 36.6. The highest BCUT2D eigenvalue weighted by Gasteiger charge is 2.45. The van der Waals surface area contributed by atoms with Crippen molar-refractivity contribution < 1.29 is 54.5 Å². The van der Waals surface area contributed by atoms with Crippen molar-refractivity contribution in [3.63, 3.8) is 0 Å². The normalized spacial score (nSPS) is 23.9. The third kappa shape index (κ3) is 19.4. The number of amides is 2. The Kier molecular flexibility index (Phi) is 22.7. The Balaban J connectivity index is 2.45. The molecular formula is C40H58N2O11. The number of rotatable bonds is 20. The van der Waals surface area contributed by atoms with E-state index in [0.29, 0.717) is 24.2 Å². The molecule has 3 unspecified atom stereocenters. The number of hydrogen-bond donors (Lipinski definition) is 8. The third-order valence-corrected chi connectivity index (χ3v) is 7.71. The molecule has 0 aromatic carbocycles. The summed E-state index contributed by atoms with van der Waals surface area (Å²) in [5.41, 5.74) is 2.14. The minimum atomic E-state index is -1.68. The molecule has 0 aromatic heterocycles. The first-order valence-electron chi connectivity index (χ1n) is 17.5. The van der Waals surface area contributed by atoms with Crippen LogP contribution in [-0.4, -0.2) is 104 Å². The van der Waals surface area contributed by atoms with E-state index in [1.807, 2.05) is 57.2 Å². The van der Waals surface area contributed by atoms with Gasteiger partial charge in [-0.25, -0.2) is 0 Å². The van der Waals surface area contributed by atoms with Gasteiger partial charge in [-0.3, -0.25) is 14.4 Å². The van der Waals surface area contributed by atoms with Crippen LogP contribution in [0.25, 0.3) is 0 Å². The van der Waals surface area contributed by atoms with Crippen molar-refractivity contribution in [3.8, 4) is 0 Å². The van der Waals surface area contributed by atoms with Crippen molar-refractivity contribution in [2.24, 2.45) is 11.8 Å². The zero-order valence-corrected chi connectivity index (χ0v) is 31.4. The molecule has 1 rings (SSSR count). The van der Waals surface area contributed by atoms with Crippen molar-refractivity contribution in [3.05, 3.63) is 108 Å². The zero-order valence-electron chi connectivity index (χ0n) is 31.4. The van der Waals surface area contributed by atoms with E-state index in [9.17, 15) is 45.0 Å². The number of ether oxygens (including phenoxy) is 2. The average molecular weight is 743 g/mol. The van der Waals surface area contributed by atoms with Crippen molar-refractivity contribution >= 4 is 17.8 Å². The van der Waals surface area contributed by atoms with Crippen LogP contribution in [0.3, 0.4) is 0 Å². The lowest BCUT2D eigenvalue weighted by molar-refractivity contribution is -0.293. The highest BCUT2D eigenvalue weighted by atomic mass is 16.7. The average Bonchev–Trinajstić information content (AvgIpc) is 3.10. The molecule has 0 aliphatic carbocycles. The first-order valence-corrected chi connectivity index (χ1v) is 17.5. The lowest BCUT2D eigenvalue weighted by Gasteiger charge is -2.39. The van der Waals surface area contributed by atoms with Crippen LogP contribution < -0.4 is 10.6 Å². The fourth-order valence-corrected chi connectivity index (χ4v) is 4.50. The summed E-state index contributed by atoms with van der Waals surface area (Å²) in [7, 11) is 0. The van der Waals surface area contributed by atoms with E-state index in [1.54, 1.807) is 69.4 Å². The van der Waals surface area contributed by atoms with Crippen molar-refractivity contribution in [1.29, 1.82) is 0 Å². The molecular weight excluding hydrogens is 684 g/mol. The molecule has 0 bridgehead atoms. The second-order valence-corrected chi connectivity index (χ2v) is 13.1. The van der Waals surface area contributed by atoms with E-state index in [4.69, 9.17) is 9.47 Å². The zero-order chi connectivity index (χ0) is 39.9. The van der Waals surface area contributed by atoms with Crippen LogP contribution in [-0.2, 0) is 23.9 Å². The Labute approximate surface area is 312 Å². The second kappa shape index (κ2) is 25.7. The highest BCUT2D eigenvalue weighted by Crippen LogP contribution is 2.23. The topological polar surface area (TPSA) is 215 Å². The van der Waals surface area contributed by atoms with Gasteiger partial charge in [0.1, 0.15) is 30.5 Å². The Morgan fingerprint density at radius 3 is 2.11 bits per heavy atom. The fraction of sp³-hybridized carbons (Fsp3) is 0.475. The van der Waals surface area contributed by atoms with Gasteiger partial charge in [-0.2, -0.15) is 0 Å². The van der Waals surface area contributed by atoms with Crippen LogP contribution in [0.15, 0.2) is 108 Å². The SMILES string of the molecule is C/C(=C/C=C/C=C/C(C)C(=O)O[C@@H]1O[C@H](CO)[C@@H](O)[C@H](O)[C@H]1O)NC(=O)CC(O)\C(C)=C/C=C\C=C(C)\C=C\C=C/C=C/CNC(=O)C(O)CC(C)C. The van der Waals surface area contributed by atoms with Crippen LogP contribution >= 0.6 is 0 Å². The molecule has 0 radical (unpaired) electrons. The number of hydrogen-bond acceptors (Lipinski definition) is 11. The van der Waals surface area contributed by atoms with Crippen molar-refractivity contribution in [1.82, 2.24) is 10.6 Å². The predicted molar refractivity (Wildman–Crippen MR) is 202 cm³/mol. The number of esters is 1. The molecule has 0 aromatic rings. The van der Waals surface area contributed by atoms with Crippen LogP contribution in [0.4, 0.5) is 0 Å². The van der Waals surface area contributed by atoms with Crippen LogP contribution in [0.2, 0.25) is 0 Å². The number of carbonyl (C=O) groups excluding carboxylic acids is 3. The molecule has 2 amide bonds. The number of aliphatic hydroxyl groups excluding tert-OH is 6. The van der Waals surface area contributed by atoms with Crippen molar-refractivity contribution in [2.75, 3.05) is 13.2 Å². The molecule has 13 heteroatoms. The molecule has 0 spiro atoms. The Morgan fingerprint density at radius 1 is 0.792 bits per heavy atom. The maximum absolute atomic E-state index is 12.4. The molecule has 8 atom stereocenters. The summed E-state index contributed by atoms with van der Waals surface area (Å²) in [6.45, 7) is 10.5. The van der Waals surface area contributed by atoms with Gasteiger partial charge in [0, 0.05) is 12.2 Å². The van der Waals surface area contributed by atoms with Gasteiger partial charge in [-0.1, -0.05) is 104 Å². The number of nitrogens with one attached hydrogen (secondary N) is 2. The smallest absolute Gasteiger partial charge is 0.314 e. The van der Waals surface area contributed by atoms with E-state index >= 15 is 0 Å². The first kappa shape index (κ1) is 46.8. The van der Waals surface area contributed by atoms with Gasteiger partial charge in [0.2, 0.25) is 18.1 Å². The van der Waals surface area contributed by atoms with E-state index in [2.05, 4.69) is 10.6 Å². The minimum Gasteiger partial charge on any atom is -0.432 e. The van der Waals surface area contributed by atoms with E-state index in [0.717, 1.165) is 5.57 Å². The van der Waals surface area contributed by atoms with Crippen LogP contribution in [0.1, 0.15) is 54.4 Å². The standard InChI is InChI=1S/C40H58N2O11/c1-26(2)23-32(45)38(50)41-22-16-9-7-8-11-17-27(3)18-14-15-19-28(4)31(44)24-34(46)42-30(6)21-13-10-12-20-29(5)39(51)53-40-37(49)36(48)35(47)33(25-43)52-40/h7-21,26,29,31-33,35-37,40,43-45,47-49H,22-25H2,1-6H3,(H,41,50)(H,42,46)/b8-7-,13-10+,15-14-,16-9+,17-11+,20-12+,27-18+,28-19-,30-21-/t29?,31?,32?,33-,35-,36+,37-,40+/m1/s1. The Bertz CT molecular complexity index is 1440. The maximum atomic E-state index is 12.4. The largest absolute Gasteiger partial charge is 0.432 e. The lowest BCUT2D eigenvalue weighted by Crippen LogP contribution is -2.59. The van der Waals surface area contributed by atoms with Crippen molar-refractivity contribution in [2.45, 2.75) is 97.3 Å². The number of allylic oxidation sites excluding steroid dienone is 15. The molecule has 1 aliphatic rings. The molecule has 8 N–H and O–H groups in total. The first-order chi connectivity index (χ1) is 25.1. The second-order valence-electron chi connectivity index (χ2n) is 13.1. The summed E-state index contributed by atoms with van der Waals surface area (Å²) in [6, 6.07) is 0. The van der Waals surface area contributed by atoms with Gasteiger partial charge in [-0.05, 0) is 51.7 Å². The van der Waals surface area contributed by atoms with Crippen LogP contribution in [0, 0.1) is 11.8 Å². The summed E-state index contributed by atoms with van der Waals surface area (Å²) in [5.74, 6) is -2.02. The third-order valence-electron chi connectivity index (χ3n) is 7.71.